The third kappa shape index (κ3) is 12.4. The van der Waals surface area contributed by atoms with Gasteiger partial charge in [-0.25, -0.2) is 4.39 Å². The fraction of sp³-hybridized carbons (Fsp3) is 0.429. The number of benzene rings is 2. The van der Waals surface area contributed by atoms with E-state index >= 15 is 0 Å². The number of hydrogen-bond acceptors (Lipinski definition) is 9. The highest BCUT2D eigenvalue weighted by Crippen LogP contribution is 2.14. The number of rotatable bonds is 12. The lowest BCUT2D eigenvalue weighted by atomic mass is 9.97. The average molecular weight is 545 g/mol. The van der Waals surface area contributed by atoms with Gasteiger partial charge in [0.1, 0.15) is 5.82 Å². The number of piperazine rings is 1. The Labute approximate surface area is 230 Å². The Bertz CT molecular complexity index is 1040. The number of amides is 1. The van der Waals surface area contributed by atoms with Gasteiger partial charge in [0.25, 0.3) is 0 Å². The summed E-state index contributed by atoms with van der Waals surface area (Å²) in [6.45, 7) is 6.41. The number of nitrogens with zero attached hydrogens (tertiary/aromatic N) is 2. The predicted octanol–water partition coefficient (Wildman–Crippen LogP) is 0.961. The zero-order valence-electron chi connectivity index (χ0n) is 22.8. The van der Waals surface area contributed by atoms with Gasteiger partial charge in [-0.05, 0) is 31.8 Å². The normalized spacial score (nSPS) is 12.9. The van der Waals surface area contributed by atoms with Gasteiger partial charge in [-0.3, -0.25) is 14.4 Å². The van der Waals surface area contributed by atoms with Crippen LogP contribution in [0.1, 0.15) is 31.8 Å². The van der Waals surface area contributed by atoms with Gasteiger partial charge in [0, 0.05) is 62.5 Å². The first kappa shape index (κ1) is 33.7. The molecule has 1 aliphatic rings. The van der Waals surface area contributed by atoms with Crippen molar-refractivity contribution in [1.82, 2.24) is 15.1 Å². The molecule has 1 amide bonds. The summed E-state index contributed by atoms with van der Waals surface area (Å²) >= 11 is 0. The van der Waals surface area contributed by atoms with Crippen molar-refractivity contribution in [3.63, 3.8) is 0 Å². The highest BCUT2D eigenvalue weighted by atomic mass is 19.1. The molecular formula is C28H41FN6O4. The molecule has 1 fully saturated rings. The summed E-state index contributed by atoms with van der Waals surface area (Å²) in [5.74, 6) is -0.402. The number of nitrogens with two attached hydrogens (primary N) is 2. The smallest absolute Gasteiger partial charge is 0.236 e. The first-order valence-corrected chi connectivity index (χ1v) is 12.8. The number of hydrogen-bond donors (Lipinski definition) is 4. The van der Waals surface area contributed by atoms with Gasteiger partial charge in [-0.2, -0.15) is 0 Å². The minimum Gasteiger partial charge on any atom is -0.379 e. The molecule has 39 heavy (non-hydrogen) atoms. The van der Waals surface area contributed by atoms with Crippen LogP contribution in [0.4, 0.5) is 4.39 Å². The SMILES string of the molecule is CN.CN1CCN(C(=O)CNCCOCCN)CC1.N=C(Cc1ccc(F)c(C=O)c1)c1ccccc1C=O. The van der Waals surface area contributed by atoms with Crippen molar-refractivity contribution in [3.8, 4) is 0 Å². The van der Waals surface area contributed by atoms with Crippen LogP contribution in [0.3, 0.4) is 0 Å². The Kier molecular flexibility index (Phi) is 17.0. The zero-order valence-corrected chi connectivity index (χ0v) is 22.8. The lowest BCUT2D eigenvalue weighted by Gasteiger charge is -2.32. The van der Waals surface area contributed by atoms with E-state index in [0.29, 0.717) is 62.1 Å². The molecule has 1 heterocycles. The van der Waals surface area contributed by atoms with E-state index in [9.17, 15) is 18.8 Å². The van der Waals surface area contributed by atoms with E-state index in [1.165, 1.54) is 25.2 Å². The van der Waals surface area contributed by atoms with Crippen molar-refractivity contribution in [2.75, 3.05) is 73.1 Å². The highest BCUT2D eigenvalue weighted by molar-refractivity contribution is 6.05. The molecular weight excluding hydrogens is 503 g/mol. The van der Waals surface area contributed by atoms with Crippen LogP contribution in [0, 0.1) is 11.2 Å². The largest absolute Gasteiger partial charge is 0.379 e. The monoisotopic (exact) mass is 544 g/mol. The Morgan fingerprint density at radius 2 is 1.72 bits per heavy atom. The number of likely N-dealkylation sites (N-methyl/N-ethyl adjacent to an activating group) is 1. The minimum atomic E-state index is -0.580. The van der Waals surface area contributed by atoms with E-state index < -0.39 is 5.82 Å². The molecule has 0 bridgehead atoms. The Balaban J connectivity index is 0.000000371. The first-order chi connectivity index (χ1) is 18.9. The van der Waals surface area contributed by atoms with Crippen LogP contribution in [0.15, 0.2) is 42.5 Å². The lowest BCUT2D eigenvalue weighted by Crippen LogP contribution is -2.49. The number of carbonyl (C=O) groups excluding carboxylic acids is 3. The summed E-state index contributed by atoms with van der Waals surface area (Å²) in [6, 6.07) is 11.0. The van der Waals surface area contributed by atoms with Gasteiger partial charge >= 0.3 is 0 Å². The summed E-state index contributed by atoms with van der Waals surface area (Å²) in [5.41, 5.74) is 11.6. The molecule has 0 aliphatic carbocycles. The molecule has 0 spiro atoms. The molecule has 0 saturated carbocycles. The van der Waals surface area contributed by atoms with Gasteiger partial charge in [0.05, 0.1) is 25.3 Å². The Morgan fingerprint density at radius 1 is 1.05 bits per heavy atom. The molecule has 1 saturated heterocycles. The van der Waals surface area contributed by atoms with Crippen LogP contribution in [-0.2, 0) is 16.0 Å². The van der Waals surface area contributed by atoms with Crippen molar-refractivity contribution >= 4 is 24.2 Å². The summed E-state index contributed by atoms with van der Waals surface area (Å²) in [4.78, 5) is 37.6. The molecule has 0 unspecified atom stereocenters. The van der Waals surface area contributed by atoms with Crippen molar-refractivity contribution in [3.05, 3.63) is 70.5 Å². The van der Waals surface area contributed by atoms with E-state index in [0.717, 1.165) is 26.2 Å². The fourth-order valence-electron chi connectivity index (χ4n) is 3.66. The summed E-state index contributed by atoms with van der Waals surface area (Å²) < 4.78 is 18.4. The van der Waals surface area contributed by atoms with Gasteiger partial charge in [-0.15, -0.1) is 0 Å². The zero-order chi connectivity index (χ0) is 29.0. The van der Waals surface area contributed by atoms with Crippen LogP contribution in [0.5, 0.6) is 0 Å². The first-order valence-electron chi connectivity index (χ1n) is 12.8. The summed E-state index contributed by atoms with van der Waals surface area (Å²) in [6.07, 6.45) is 1.37. The molecule has 0 atom stereocenters. The minimum absolute atomic E-state index is 0.0287. The summed E-state index contributed by atoms with van der Waals surface area (Å²) in [5, 5.41) is 11.1. The Hall–Kier alpha value is -3.35. The maximum Gasteiger partial charge on any atom is 0.236 e. The van der Waals surface area contributed by atoms with E-state index in [4.69, 9.17) is 15.9 Å². The molecule has 1 aliphatic heterocycles. The van der Waals surface area contributed by atoms with Gasteiger partial charge < -0.3 is 36.7 Å². The van der Waals surface area contributed by atoms with Crippen LogP contribution in [0.2, 0.25) is 0 Å². The molecule has 2 aromatic rings. The van der Waals surface area contributed by atoms with E-state index in [-0.39, 0.29) is 23.6 Å². The van der Waals surface area contributed by atoms with Gasteiger partial charge in [0.2, 0.25) is 5.91 Å². The van der Waals surface area contributed by atoms with Crippen LogP contribution in [-0.4, -0.2) is 107 Å². The molecule has 10 nitrogen and oxygen atoms in total. The second-order valence-electron chi connectivity index (χ2n) is 8.60. The molecule has 214 valence electrons. The molecule has 0 radical (unpaired) electrons. The van der Waals surface area contributed by atoms with Gasteiger partial charge in [-0.1, -0.05) is 30.3 Å². The van der Waals surface area contributed by atoms with Crippen LogP contribution >= 0.6 is 0 Å². The second kappa shape index (κ2) is 19.7. The molecule has 2 aromatic carbocycles. The summed E-state index contributed by atoms with van der Waals surface area (Å²) in [7, 11) is 3.58. The van der Waals surface area contributed by atoms with Crippen molar-refractivity contribution < 1.29 is 23.5 Å². The van der Waals surface area contributed by atoms with E-state index in [1.807, 2.05) is 4.90 Å². The number of nitrogens with one attached hydrogen (secondary N) is 2. The maximum absolute atomic E-state index is 13.2. The number of ether oxygens (including phenoxy) is 1. The van der Waals surface area contributed by atoms with Crippen molar-refractivity contribution in [1.29, 1.82) is 5.41 Å². The van der Waals surface area contributed by atoms with E-state index in [2.05, 4.69) is 23.0 Å². The average Bonchev–Trinajstić information content (AvgIpc) is 2.97. The van der Waals surface area contributed by atoms with Crippen LogP contribution in [0.25, 0.3) is 0 Å². The Morgan fingerprint density at radius 3 is 2.36 bits per heavy atom. The number of carbonyl (C=O) groups is 3. The second-order valence-corrected chi connectivity index (χ2v) is 8.60. The number of aldehydes is 2. The van der Waals surface area contributed by atoms with Crippen LogP contribution < -0.4 is 16.8 Å². The third-order valence-electron chi connectivity index (χ3n) is 5.80. The molecule has 0 aromatic heterocycles. The highest BCUT2D eigenvalue weighted by Gasteiger charge is 2.18. The standard InChI is InChI=1S/C16H12FNO2.C11H24N4O2.CH5N/c17-15-6-5-11(7-13(15)10-20)8-16(18)14-4-2-1-3-12(14)9-19;1-14-4-6-15(7-5-14)11(16)10-13-3-9-17-8-2-12;1-2/h1-7,9-10,18H,8H2;13H,2-10,12H2,1H3;2H2,1H3. The topological polar surface area (TPSA) is 155 Å². The fourth-order valence-corrected chi connectivity index (χ4v) is 3.66. The number of halogens is 1. The molecule has 11 heteroatoms. The van der Waals surface area contributed by atoms with Gasteiger partial charge in [0.15, 0.2) is 12.6 Å². The van der Waals surface area contributed by atoms with E-state index in [1.54, 1.807) is 24.3 Å². The predicted molar refractivity (Wildman–Crippen MR) is 151 cm³/mol. The molecule has 3 rings (SSSR count). The van der Waals surface area contributed by atoms with Crippen molar-refractivity contribution in [2.45, 2.75) is 6.42 Å². The lowest BCUT2D eigenvalue weighted by molar-refractivity contribution is -0.131. The quantitative estimate of drug-likeness (QED) is 0.175. The molecule has 6 N–H and O–H groups in total. The maximum atomic E-state index is 13.2. The third-order valence-corrected chi connectivity index (χ3v) is 5.80. The van der Waals surface area contributed by atoms with Crippen molar-refractivity contribution in [2.24, 2.45) is 11.5 Å².